The van der Waals surface area contributed by atoms with E-state index in [0.717, 1.165) is 0 Å². The number of carbonyl (C=O) groups is 1. The molecule has 1 unspecified atom stereocenters. The summed E-state index contributed by atoms with van der Waals surface area (Å²) in [7, 11) is 1.48. The number of nitrogens with one attached hydrogen (secondary N) is 2. The van der Waals surface area contributed by atoms with Crippen molar-refractivity contribution in [2.24, 2.45) is 4.99 Å². The first-order chi connectivity index (χ1) is 15.0. The van der Waals surface area contributed by atoms with E-state index in [1.54, 1.807) is 29.2 Å². The molecule has 4 rings (SSSR count). The van der Waals surface area contributed by atoms with Gasteiger partial charge in [-0.3, -0.25) is 4.79 Å². The fourth-order valence-corrected chi connectivity index (χ4v) is 3.60. The predicted octanol–water partition coefficient (Wildman–Crippen LogP) is 3.46. The molecule has 0 radical (unpaired) electrons. The second-order valence-corrected chi connectivity index (χ2v) is 7.43. The molecule has 0 spiro atoms. The highest BCUT2D eigenvalue weighted by Gasteiger charge is 2.37. The number of rotatable bonds is 7. The largest absolute Gasteiger partial charge is 0.492 e. The van der Waals surface area contributed by atoms with Crippen LogP contribution in [-0.4, -0.2) is 57.2 Å². The molecule has 2 heterocycles. The van der Waals surface area contributed by atoms with Gasteiger partial charge in [0.1, 0.15) is 24.8 Å². The number of nitrogens with zero attached hydrogens (tertiary/aromatic N) is 2. The highest BCUT2D eigenvalue weighted by atomic mass is 35.5. The first-order valence-electron chi connectivity index (χ1n) is 9.72. The molecule has 172 valence electrons. The Morgan fingerprint density at radius 1 is 1.34 bits per heavy atom. The van der Waals surface area contributed by atoms with Gasteiger partial charge in [-0.25, -0.2) is 9.38 Å². The predicted molar refractivity (Wildman–Crippen MR) is 122 cm³/mol. The molecule has 8 nitrogen and oxygen atoms in total. The smallest absolute Gasteiger partial charge is 0.267 e. The average Bonchev–Trinajstić information content (AvgIpc) is 2.77. The summed E-state index contributed by atoms with van der Waals surface area (Å²) in [6.45, 7) is 2.04. The van der Waals surface area contributed by atoms with E-state index in [2.05, 4.69) is 15.6 Å². The molecular formula is C21H23Cl2FN4O4. The van der Waals surface area contributed by atoms with Crippen molar-refractivity contribution in [2.45, 2.75) is 5.85 Å². The van der Waals surface area contributed by atoms with Crippen LogP contribution in [0.3, 0.4) is 0 Å². The second-order valence-electron chi connectivity index (χ2n) is 6.99. The molecule has 32 heavy (non-hydrogen) atoms. The SMILES string of the molecule is COC1(Nc2ccc(Cl)cc2F)N=CNc2cc(OCCN3CCOCC3=O)ccc21.Cl. The van der Waals surface area contributed by atoms with E-state index in [4.69, 9.17) is 25.8 Å². The van der Waals surface area contributed by atoms with Crippen LogP contribution in [-0.2, 0) is 20.1 Å². The van der Waals surface area contributed by atoms with Crippen molar-refractivity contribution in [3.63, 3.8) is 0 Å². The summed E-state index contributed by atoms with van der Waals surface area (Å²) in [6.07, 6.45) is 1.48. The fourth-order valence-electron chi connectivity index (χ4n) is 3.44. The summed E-state index contributed by atoms with van der Waals surface area (Å²) < 4.78 is 31.0. The van der Waals surface area contributed by atoms with Crippen LogP contribution in [0.1, 0.15) is 5.56 Å². The van der Waals surface area contributed by atoms with Gasteiger partial charge in [0.15, 0.2) is 0 Å². The number of ether oxygens (including phenoxy) is 3. The van der Waals surface area contributed by atoms with Crippen LogP contribution in [0.4, 0.5) is 15.8 Å². The van der Waals surface area contributed by atoms with Gasteiger partial charge in [-0.15, -0.1) is 12.4 Å². The molecule has 2 aromatic carbocycles. The van der Waals surface area contributed by atoms with Crippen molar-refractivity contribution in [3.8, 4) is 5.75 Å². The van der Waals surface area contributed by atoms with Crippen LogP contribution >= 0.6 is 24.0 Å². The Labute approximate surface area is 196 Å². The molecule has 0 aliphatic carbocycles. The van der Waals surface area contributed by atoms with Crippen LogP contribution in [0.15, 0.2) is 41.4 Å². The van der Waals surface area contributed by atoms with E-state index in [0.29, 0.717) is 48.3 Å². The van der Waals surface area contributed by atoms with Crippen molar-refractivity contribution >= 4 is 47.6 Å². The number of hydrogen-bond acceptors (Lipinski definition) is 7. The van der Waals surface area contributed by atoms with Gasteiger partial charge in [0.25, 0.3) is 5.85 Å². The Kier molecular flexibility index (Phi) is 7.78. The highest BCUT2D eigenvalue weighted by molar-refractivity contribution is 6.30. The zero-order valence-electron chi connectivity index (χ0n) is 17.3. The lowest BCUT2D eigenvalue weighted by Crippen LogP contribution is -2.43. The molecule has 1 fully saturated rings. The van der Waals surface area contributed by atoms with E-state index in [-0.39, 0.29) is 30.6 Å². The van der Waals surface area contributed by atoms with Gasteiger partial charge in [-0.1, -0.05) is 11.6 Å². The topological polar surface area (TPSA) is 84.4 Å². The maximum atomic E-state index is 14.3. The summed E-state index contributed by atoms with van der Waals surface area (Å²) in [5, 5.41) is 6.37. The maximum absolute atomic E-state index is 14.3. The third kappa shape index (κ3) is 5.07. The van der Waals surface area contributed by atoms with Gasteiger partial charge in [-0.05, 0) is 30.3 Å². The lowest BCUT2D eigenvalue weighted by atomic mass is 10.1. The molecule has 1 atom stereocenters. The molecule has 2 aliphatic heterocycles. The molecule has 1 saturated heterocycles. The Morgan fingerprint density at radius 3 is 2.94 bits per heavy atom. The Morgan fingerprint density at radius 2 is 2.19 bits per heavy atom. The molecular weight excluding hydrogens is 462 g/mol. The minimum Gasteiger partial charge on any atom is -0.492 e. The highest BCUT2D eigenvalue weighted by Crippen LogP contribution is 2.38. The second kappa shape index (κ2) is 10.4. The summed E-state index contributed by atoms with van der Waals surface area (Å²) >= 11 is 5.85. The van der Waals surface area contributed by atoms with Crippen LogP contribution in [0.2, 0.25) is 5.02 Å². The summed E-state index contributed by atoms with van der Waals surface area (Å²) in [5.41, 5.74) is 1.55. The van der Waals surface area contributed by atoms with E-state index in [1.165, 1.54) is 25.6 Å². The Balaban J connectivity index is 0.00000289. The molecule has 2 aliphatic rings. The lowest BCUT2D eigenvalue weighted by molar-refractivity contribution is -0.143. The van der Waals surface area contributed by atoms with Gasteiger partial charge in [0.2, 0.25) is 5.91 Å². The van der Waals surface area contributed by atoms with Crippen molar-refractivity contribution in [2.75, 3.05) is 50.7 Å². The third-order valence-electron chi connectivity index (χ3n) is 5.07. The monoisotopic (exact) mass is 484 g/mol. The molecule has 1 amide bonds. The van der Waals surface area contributed by atoms with Gasteiger partial charge in [0.05, 0.1) is 36.4 Å². The van der Waals surface area contributed by atoms with Crippen molar-refractivity contribution in [1.29, 1.82) is 0 Å². The quantitative estimate of drug-likeness (QED) is 0.585. The van der Waals surface area contributed by atoms with E-state index < -0.39 is 11.7 Å². The van der Waals surface area contributed by atoms with E-state index in [1.807, 2.05) is 0 Å². The number of hydrogen-bond donors (Lipinski definition) is 2. The lowest BCUT2D eigenvalue weighted by Gasteiger charge is -2.34. The number of morpholine rings is 1. The van der Waals surface area contributed by atoms with Crippen LogP contribution in [0, 0.1) is 5.82 Å². The van der Waals surface area contributed by atoms with Crippen LogP contribution in [0.25, 0.3) is 0 Å². The zero-order valence-corrected chi connectivity index (χ0v) is 18.8. The van der Waals surface area contributed by atoms with Gasteiger partial charge in [0, 0.05) is 24.7 Å². The first-order valence-corrected chi connectivity index (χ1v) is 10.1. The third-order valence-corrected chi connectivity index (χ3v) is 5.30. The average molecular weight is 485 g/mol. The molecule has 0 bridgehead atoms. The summed E-state index contributed by atoms with van der Waals surface area (Å²) in [5.74, 6) is -1.26. The minimum atomic E-state index is -1.33. The molecule has 2 N–H and O–H groups in total. The number of aliphatic imine (C=N–C) groups is 1. The number of methoxy groups -OCH3 is 1. The number of benzene rings is 2. The van der Waals surface area contributed by atoms with E-state index in [9.17, 15) is 9.18 Å². The number of carbonyl (C=O) groups excluding carboxylic acids is 1. The van der Waals surface area contributed by atoms with Crippen molar-refractivity contribution in [1.82, 2.24) is 4.90 Å². The molecule has 11 heteroatoms. The summed E-state index contributed by atoms with van der Waals surface area (Å²) in [4.78, 5) is 17.9. The Hall–Kier alpha value is -2.59. The number of anilines is 2. The Bertz CT molecular complexity index is 1010. The number of halogens is 3. The number of fused-ring (bicyclic) bond motifs is 1. The van der Waals surface area contributed by atoms with Crippen molar-refractivity contribution in [3.05, 3.63) is 52.8 Å². The van der Waals surface area contributed by atoms with Gasteiger partial charge >= 0.3 is 0 Å². The molecule has 2 aromatic rings. The first kappa shape index (κ1) is 24.1. The summed E-state index contributed by atoms with van der Waals surface area (Å²) in [6, 6.07) is 9.69. The van der Waals surface area contributed by atoms with Crippen molar-refractivity contribution < 1.29 is 23.4 Å². The standard InChI is InChI=1S/C21H22ClFN4O4.ClH/c1-29-21(26-18-5-2-14(22)10-17(18)23)16-4-3-15(11-19(16)24-13-25-21)31-9-7-27-6-8-30-12-20(27)28;/h2-5,10-11,13,26H,6-9,12H2,1H3,(H,24,25);1H. The number of amides is 1. The van der Waals surface area contributed by atoms with Crippen LogP contribution in [0.5, 0.6) is 5.75 Å². The van der Waals surface area contributed by atoms with Crippen LogP contribution < -0.4 is 15.4 Å². The zero-order chi connectivity index (χ0) is 21.8. The van der Waals surface area contributed by atoms with Gasteiger partial charge in [-0.2, -0.15) is 0 Å². The van der Waals surface area contributed by atoms with Gasteiger partial charge < -0.3 is 29.7 Å². The van der Waals surface area contributed by atoms with E-state index >= 15 is 0 Å². The molecule has 0 saturated carbocycles. The minimum absolute atomic E-state index is 0. The molecule has 0 aromatic heterocycles. The fraction of sp³-hybridized carbons (Fsp3) is 0.333. The maximum Gasteiger partial charge on any atom is 0.267 e. The normalized spacial score (nSPS) is 19.6.